The molecule has 0 bridgehead atoms. The van der Waals surface area contributed by atoms with Crippen molar-refractivity contribution in [2.24, 2.45) is 0 Å². The van der Waals surface area contributed by atoms with E-state index >= 15 is 0 Å². The number of unbranched alkanes of at least 4 members (excludes halogenated alkanes) is 1. The van der Waals surface area contributed by atoms with Crippen LogP contribution >= 0.6 is 11.6 Å². The van der Waals surface area contributed by atoms with Gasteiger partial charge in [-0.2, -0.15) is 0 Å². The molecule has 1 N–H and O–H groups in total. The Hall–Kier alpha value is -1.74. The summed E-state index contributed by atoms with van der Waals surface area (Å²) in [6, 6.07) is 5.16. The lowest BCUT2D eigenvalue weighted by Crippen LogP contribution is -1.97. The highest BCUT2D eigenvalue weighted by Gasteiger charge is 2.01. The third kappa shape index (κ3) is 5.06. The molecule has 1 aromatic rings. The summed E-state index contributed by atoms with van der Waals surface area (Å²) in [6.45, 7) is 4.21. The zero-order valence-corrected chi connectivity index (χ0v) is 10.7. The summed E-state index contributed by atoms with van der Waals surface area (Å²) in [4.78, 5) is 10.4. The maximum atomic E-state index is 10.4. The SMILES string of the molecule is C=CCCCOc1ccc(C=CC(=O)O)cc1Cl. The van der Waals surface area contributed by atoms with Crippen LogP contribution in [-0.2, 0) is 4.79 Å². The van der Waals surface area contributed by atoms with Crippen LogP contribution in [0.2, 0.25) is 5.02 Å². The molecule has 0 spiro atoms. The number of benzene rings is 1. The number of hydrogen-bond donors (Lipinski definition) is 1. The molecule has 0 atom stereocenters. The Morgan fingerprint density at radius 3 is 2.89 bits per heavy atom. The minimum atomic E-state index is -0.990. The first-order valence-corrected chi connectivity index (χ1v) is 5.95. The molecule has 3 nitrogen and oxygen atoms in total. The molecule has 0 aliphatic carbocycles. The van der Waals surface area contributed by atoms with Crippen molar-refractivity contribution in [2.45, 2.75) is 12.8 Å². The molecule has 0 saturated carbocycles. The van der Waals surface area contributed by atoms with Gasteiger partial charge in [-0.05, 0) is 36.6 Å². The Morgan fingerprint density at radius 1 is 1.50 bits per heavy atom. The second kappa shape index (κ2) is 7.56. The molecular weight excluding hydrogens is 252 g/mol. The van der Waals surface area contributed by atoms with Gasteiger partial charge >= 0.3 is 5.97 Å². The van der Waals surface area contributed by atoms with E-state index in [2.05, 4.69) is 6.58 Å². The van der Waals surface area contributed by atoms with Crippen molar-refractivity contribution in [3.8, 4) is 5.75 Å². The molecule has 4 heteroatoms. The standard InChI is InChI=1S/C14H15ClO3/c1-2-3-4-9-18-13-7-5-11(10-12(13)15)6-8-14(16)17/h2,5-8,10H,1,3-4,9H2,(H,16,17). The second-order valence-electron chi connectivity index (χ2n) is 3.64. The number of rotatable bonds is 7. The lowest BCUT2D eigenvalue weighted by atomic mass is 10.2. The summed E-state index contributed by atoms with van der Waals surface area (Å²) in [5.41, 5.74) is 0.723. The Bertz CT molecular complexity index is 452. The molecule has 1 rings (SSSR count). The highest BCUT2D eigenvalue weighted by molar-refractivity contribution is 6.32. The quantitative estimate of drug-likeness (QED) is 0.464. The first-order valence-electron chi connectivity index (χ1n) is 5.57. The van der Waals surface area contributed by atoms with Crippen LogP contribution in [0.5, 0.6) is 5.75 Å². The van der Waals surface area contributed by atoms with Gasteiger partial charge in [0, 0.05) is 6.08 Å². The number of allylic oxidation sites excluding steroid dienone is 1. The normalized spacial score (nSPS) is 10.5. The van der Waals surface area contributed by atoms with E-state index in [1.54, 1.807) is 18.2 Å². The lowest BCUT2D eigenvalue weighted by Gasteiger charge is -2.07. The summed E-state index contributed by atoms with van der Waals surface area (Å²) < 4.78 is 5.50. The zero-order chi connectivity index (χ0) is 13.4. The van der Waals surface area contributed by atoms with Gasteiger partial charge in [-0.15, -0.1) is 6.58 Å². The summed E-state index contributed by atoms with van der Waals surface area (Å²) in [5, 5.41) is 8.99. The summed E-state index contributed by atoms with van der Waals surface area (Å²) in [7, 11) is 0. The van der Waals surface area contributed by atoms with Crippen molar-refractivity contribution < 1.29 is 14.6 Å². The molecule has 0 fully saturated rings. The summed E-state index contributed by atoms with van der Waals surface area (Å²) >= 11 is 6.03. The lowest BCUT2D eigenvalue weighted by molar-refractivity contribution is -0.131. The van der Waals surface area contributed by atoms with E-state index in [1.807, 2.05) is 6.08 Å². The predicted molar refractivity (Wildman–Crippen MR) is 73.0 cm³/mol. The Morgan fingerprint density at radius 2 is 2.28 bits per heavy atom. The first-order chi connectivity index (χ1) is 8.63. The average Bonchev–Trinajstić information content (AvgIpc) is 2.34. The van der Waals surface area contributed by atoms with Gasteiger partial charge in [0.15, 0.2) is 0 Å². The van der Waals surface area contributed by atoms with Crippen LogP contribution in [0.3, 0.4) is 0 Å². The van der Waals surface area contributed by atoms with Gasteiger partial charge < -0.3 is 9.84 Å². The molecule has 18 heavy (non-hydrogen) atoms. The summed E-state index contributed by atoms with van der Waals surface area (Å²) in [6.07, 6.45) is 6.17. The molecule has 0 saturated heterocycles. The summed E-state index contributed by atoms with van der Waals surface area (Å²) in [5.74, 6) is -0.385. The molecule has 0 radical (unpaired) electrons. The van der Waals surface area contributed by atoms with Gasteiger partial charge in [-0.3, -0.25) is 0 Å². The largest absolute Gasteiger partial charge is 0.492 e. The maximum absolute atomic E-state index is 10.4. The van der Waals surface area contributed by atoms with Crippen LogP contribution in [0.4, 0.5) is 0 Å². The Balaban J connectivity index is 2.62. The van der Waals surface area contributed by atoms with E-state index < -0.39 is 5.97 Å². The minimum absolute atomic E-state index is 0.473. The van der Waals surface area contributed by atoms with E-state index in [1.165, 1.54) is 6.08 Å². The van der Waals surface area contributed by atoms with E-state index in [-0.39, 0.29) is 0 Å². The van der Waals surface area contributed by atoms with Crippen molar-refractivity contribution in [3.05, 3.63) is 47.5 Å². The third-order valence-electron chi connectivity index (χ3n) is 2.18. The molecule has 96 valence electrons. The fourth-order valence-corrected chi connectivity index (χ4v) is 1.56. The fourth-order valence-electron chi connectivity index (χ4n) is 1.32. The van der Waals surface area contributed by atoms with Crippen LogP contribution in [0, 0.1) is 0 Å². The van der Waals surface area contributed by atoms with Crippen molar-refractivity contribution in [1.82, 2.24) is 0 Å². The topological polar surface area (TPSA) is 46.5 Å². The number of carboxylic acids is 1. The van der Waals surface area contributed by atoms with E-state index in [0.29, 0.717) is 17.4 Å². The molecule has 0 aromatic heterocycles. The van der Waals surface area contributed by atoms with Crippen molar-refractivity contribution in [3.63, 3.8) is 0 Å². The molecule has 0 aliphatic rings. The predicted octanol–water partition coefficient (Wildman–Crippen LogP) is 3.78. The van der Waals surface area contributed by atoms with Gasteiger partial charge in [0.25, 0.3) is 0 Å². The Labute approximate surface area is 111 Å². The van der Waals surface area contributed by atoms with Crippen LogP contribution in [-0.4, -0.2) is 17.7 Å². The number of hydrogen-bond acceptors (Lipinski definition) is 2. The van der Waals surface area contributed by atoms with E-state index in [4.69, 9.17) is 21.4 Å². The van der Waals surface area contributed by atoms with Gasteiger partial charge in [0.2, 0.25) is 0 Å². The number of carboxylic acid groups (broad SMARTS) is 1. The highest BCUT2D eigenvalue weighted by atomic mass is 35.5. The number of carbonyl (C=O) groups is 1. The minimum Gasteiger partial charge on any atom is -0.492 e. The number of halogens is 1. The van der Waals surface area contributed by atoms with Crippen LogP contribution in [0.1, 0.15) is 18.4 Å². The fraction of sp³-hybridized carbons (Fsp3) is 0.214. The highest BCUT2D eigenvalue weighted by Crippen LogP contribution is 2.26. The maximum Gasteiger partial charge on any atom is 0.328 e. The van der Waals surface area contributed by atoms with E-state index in [0.717, 1.165) is 24.5 Å². The van der Waals surface area contributed by atoms with Crippen molar-refractivity contribution in [2.75, 3.05) is 6.61 Å². The van der Waals surface area contributed by atoms with E-state index in [9.17, 15) is 4.79 Å². The van der Waals surface area contributed by atoms with Crippen molar-refractivity contribution >= 4 is 23.6 Å². The van der Waals surface area contributed by atoms with Gasteiger partial charge in [0.1, 0.15) is 5.75 Å². The zero-order valence-electron chi connectivity index (χ0n) is 9.93. The van der Waals surface area contributed by atoms with Gasteiger partial charge in [-0.1, -0.05) is 23.7 Å². The van der Waals surface area contributed by atoms with Gasteiger partial charge in [0.05, 0.1) is 11.6 Å². The number of ether oxygens (including phenoxy) is 1. The van der Waals surface area contributed by atoms with Crippen LogP contribution in [0.15, 0.2) is 36.9 Å². The van der Waals surface area contributed by atoms with Gasteiger partial charge in [-0.25, -0.2) is 4.79 Å². The molecule has 0 aliphatic heterocycles. The molecule has 1 aromatic carbocycles. The van der Waals surface area contributed by atoms with Crippen LogP contribution < -0.4 is 4.74 Å². The molecule has 0 amide bonds. The monoisotopic (exact) mass is 266 g/mol. The molecular formula is C14H15ClO3. The van der Waals surface area contributed by atoms with Crippen molar-refractivity contribution in [1.29, 1.82) is 0 Å². The third-order valence-corrected chi connectivity index (χ3v) is 2.48. The molecule has 0 unspecified atom stereocenters. The smallest absolute Gasteiger partial charge is 0.328 e. The first kappa shape index (κ1) is 14.3. The second-order valence-corrected chi connectivity index (χ2v) is 4.05. The molecule has 0 heterocycles. The Kier molecular flexibility index (Phi) is 6.01. The number of aliphatic carboxylic acids is 1. The van der Waals surface area contributed by atoms with Crippen LogP contribution in [0.25, 0.3) is 6.08 Å². The average molecular weight is 267 g/mol.